The van der Waals surface area contributed by atoms with E-state index in [1.807, 2.05) is 0 Å². The van der Waals surface area contributed by atoms with Crippen molar-refractivity contribution in [2.45, 2.75) is 0 Å². The van der Waals surface area contributed by atoms with Crippen molar-refractivity contribution in [3.8, 4) is 0 Å². The molecule has 0 unspecified atom stereocenters. The molecule has 1 rings (SSSR count). The largest absolute Gasteiger partial charge is 0.387 e. The fraction of sp³-hybridized carbons (Fsp3) is 0.200. The van der Waals surface area contributed by atoms with Crippen LogP contribution in [0.2, 0.25) is 0 Å². The lowest BCUT2D eigenvalue weighted by Gasteiger charge is -1.98. The molecule has 0 amide bonds. The van der Waals surface area contributed by atoms with E-state index >= 15 is 0 Å². The molecule has 42 valence electrons. The average Bonchev–Trinajstić information content (AvgIpc) is 1.90. The number of hydrogen-bond acceptors (Lipinski definition) is 3. The zero-order valence-electron chi connectivity index (χ0n) is 4.29. The molecule has 0 saturated heterocycles. The lowest BCUT2D eigenvalue weighted by molar-refractivity contribution is 0.953. The first-order valence-corrected chi connectivity index (χ1v) is 2.37. The fourth-order valence-corrected chi connectivity index (χ4v) is 0.512. The Labute approximate surface area is 47.1 Å². The molecule has 8 heavy (non-hydrogen) atoms. The third-order valence-corrected chi connectivity index (χ3v) is 0.906. The predicted molar refractivity (Wildman–Crippen MR) is 31.0 cm³/mol. The van der Waals surface area contributed by atoms with Gasteiger partial charge >= 0.3 is 0 Å². The van der Waals surface area contributed by atoms with Crippen molar-refractivity contribution in [1.29, 1.82) is 0 Å². The van der Waals surface area contributed by atoms with Gasteiger partial charge in [0.1, 0.15) is 5.70 Å². The van der Waals surface area contributed by atoms with Gasteiger partial charge in [-0.3, -0.25) is 0 Å². The summed E-state index contributed by atoms with van der Waals surface area (Å²) in [5.74, 6) is 0. The maximum absolute atomic E-state index is 9.76. The van der Waals surface area contributed by atoms with E-state index in [-0.39, 0.29) is 0 Å². The van der Waals surface area contributed by atoms with Crippen molar-refractivity contribution in [3.05, 3.63) is 29.0 Å². The van der Waals surface area contributed by atoms with E-state index in [2.05, 4.69) is 10.5 Å². The van der Waals surface area contributed by atoms with Crippen LogP contribution >= 0.6 is 0 Å². The quantitative estimate of drug-likeness (QED) is 0.506. The second kappa shape index (κ2) is 2.26. The van der Waals surface area contributed by atoms with Crippen molar-refractivity contribution >= 4 is 0 Å². The molecular weight excluding hydrogens is 104 g/mol. The van der Waals surface area contributed by atoms with E-state index in [4.69, 9.17) is 0 Å². The normalized spacial score (nSPS) is 16.8. The van der Waals surface area contributed by atoms with E-state index < -0.39 is 0 Å². The topological polar surface area (TPSA) is 41.5 Å². The number of nitroso groups, excluding NO2 is 1. The number of hydrogen-bond donors (Lipinski definition) is 1. The van der Waals surface area contributed by atoms with E-state index in [9.17, 15) is 4.91 Å². The molecule has 0 atom stereocenters. The first kappa shape index (κ1) is 5.03. The summed E-state index contributed by atoms with van der Waals surface area (Å²) in [5.41, 5.74) is 0.503. The minimum Gasteiger partial charge on any atom is -0.387 e. The van der Waals surface area contributed by atoms with Crippen LogP contribution in [0.1, 0.15) is 0 Å². The zero-order chi connectivity index (χ0) is 5.82. The molecule has 3 heteroatoms. The van der Waals surface area contributed by atoms with Crippen molar-refractivity contribution in [3.63, 3.8) is 0 Å². The van der Waals surface area contributed by atoms with Gasteiger partial charge in [-0.2, -0.15) is 0 Å². The van der Waals surface area contributed by atoms with Crippen LogP contribution in [0.3, 0.4) is 0 Å². The molecule has 1 aliphatic rings. The van der Waals surface area contributed by atoms with Gasteiger partial charge in [-0.05, 0) is 23.5 Å². The highest BCUT2D eigenvalue weighted by Crippen LogP contribution is 1.98. The van der Waals surface area contributed by atoms with Crippen molar-refractivity contribution in [2.24, 2.45) is 5.18 Å². The SMILES string of the molecule is O=NC1=CCNC=C1. The van der Waals surface area contributed by atoms with Crippen LogP contribution in [0.25, 0.3) is 0 Å². The summed E-state index contributed by atoms with van der Waals surface area (Å²) >= 11 is 0. The van der Waals surface area contributed by atoms with E-state index in [0.29, 0.717) is 12.2 Å². The number of nitrogens with one attached hydrogen (secondary N) is 1. The number of allylic oxidation sites excluding steroid dienone is 1. The Morgan fingerprint density at radius 2 is 2.62 bits per heavy atom. The number of nitrogens with zero attached hydrogens (tertiary/aromatic N) is 1. The minimum atomic E-state index is 0.503. The lowest BCUT2D eigenvalue weighted by Crippen LogP contribution is -2.07. The van der Waals surface area contributed by atoms with Crippen LogP contribution in [0.4, 0.5) is 0 Å². The van der Waals surface area contributed by atoms with Gasteiger partial charge in [-0.25, -0.2) is 0 Å². The second-order valence-electron chi connectivity index (χ2n) is 1.46. The number of dihydropyridines is 1. The zero-order valence-corrected chi connectivity index (χ0v) is 4.29. The molecule has 1 aliphatic heterocycles. The smallest absolute Gasteiger partial charge is 0.107 e. The van der Waals surface area contributed by atoms with Gasteiger partial charge in [0.25, 0.3) is 0 Å². The Morgan fingerprint density at radius 3 is 3.00 bits per heavy atom. The molecule has 0 fully saturated rings. The summed E-state index contributed by atoms with van der Waals surface area (Å²) in [6.45, 7) is 0.706. The molecule has 0 bridgehead atoms. The van der Waals surface area contributed by atoms with Gasteiger partial charge in [0.05, 0.1) is 0 Å². The van der Waals surface area contributed by atoms with Crippen LogP contribution in [0.5, 0.6) is 0 Å². The second-order valence-corrected chi connectivity index (χ2v) is 1.46. The Morgan fingerprint density at radius 1 is 1.75 bits per heavy atom. The van der Waals surface area contributed by atoms with Gasteiger partial charge in [0, 0.05) is 6.54 Å². The van der Waals surface area contributed by atoms with Crippen LogP contribution in [0.15, 0.2) is 29.2 Å². The molecule has 0 spiro atoms. The highest BCUT2D eigenvalue weighted by atomic mass is 16.3. The third-order valence-electron chi connectivity index (χ3n) is 0.906. The molecular formula is C5H6N2O. The number of rotatable bonds is 1. The summed E-state index contributed by atoms with van der Waals surface area (Å²) in [6, 6.07) is 0. The van der Waals surface area contributed by atoms with Gasteiger partial charge < -0.3 is 5.32 Å². The Hall–Kier alpha value is -1.12. The summed E-state index contributed by atoms with van der Waals surface area (Å²) in [5, 5.41) is 5.62. The monoisotopic (exact) mass is 110 g/mol. The molecule has 3 nitrogen and oxygen atoms in total. The van der Waals surface area contributed by atoms with E-state index in [0.717, 1.165) is 0 Å². The predicted octanol–water partition coefficient (Wildman–Crippen LogP) is 0.754. The Balaban J connectivity index is 2.64. The first-order valence-electron chi connectivity index (χ1n) is 2.37. The summed E-state index contributed by atoms with van der Waals surface area (Å²) in [4.78, 5) is 9.76. The lowest BCUT2D eigenvalue weighted by atomic mass is 10.3. The average molecular weight is 110 g/mol. The van der Waals surface area contributed by atoms with Gasteiger partial charge in [-0.1, -0.05) is 0 Å². The molecule has 0 saturated carbocycles. The minimum absolute atomic E-state index is 0.503. The van der Waals surface area contributed by atoms with Crippen LogP contribution in [-0.2, 0) is 0 Å². The van der Waals surface area contributed by atoms with E-state index in [1.165, 1.54) is 0 Å². The summed E-state index contributed by atoms with van der Waals surface area (Å²) < 4.78 is 0. The molecule has 0 aromatic heterocycles. The van der Waals surface area contributed by atoms with Crippen molar-refractivity contribution < 1.29 is 0 Å². The maximum atomic E-state index is 9.76. The summed E-state index contributed by atoms with van der Waals surface area (Å²) in [7, 11) is 0. The summed E-state index contributed by atoms with van der Waals surface area (Å²) in [6.07, 6.45) is 5.07. The molecule has 0 radical (unpaired) electrons. The highest BCUT2D eigenvalue weighted by Gasteiger charge is 1.91. The van der Waals surface area contributed by atoms with E-state index in [1.54, 1.807) is 18.4 Å². The highest BCUT2D eigenvalue weighted by molar-refractivity contribution is 5.20. The van der Waals surface area contributed by atoms with Gasteiger partial charge in [0.2, 0.25) is 0 Å². The van der Waals surface area contributed by atoms with Crippen molar-refractivity contribution in [1.82, 2.24) is 5.32 Å². The molecule has 0 aliphatic carbocycles. The van der Waals surface area contributed by atoms with Gasteiger partial charge in [-0.15, -0.1) is 4.91 Å². The van der Waals surface area contributed by atoms with Gasteiger partial charge in [0.15, 0.2) is 0 Å². The van der Waals surface area contributed by atoms with Crippen LogP contribution in [0, 0.1) is 4.91 Å². The molecule has 0 aromatic rings. The Bertz CT molecular complexity index is 149. The maximum Gasteiger partial charge on any atom is 0.107 e. The van der Waals surface area contributed by atoms with Crippen molar-refractivity contribution in [2.75, 3.05) is 6.54 Å². The standard InChI is InChI=1S/C5H6N2O/c8-7-5-1-3-6-4-2-5/h1-3,6H,4H2. The molecule has 0 aromatic carbocycles. The molecule has 1 heterocycles. The molecule has 1 N–H and O–H groups in total. The first-order chi connectivity index (χ1) is 3.93. The van der Waals surface area contributed by atoms with Crippen LogP contribution < -0.4 is 5.32 Å². The van der Waals surface area contributed by atoms with Crippen LogP contribution in [-0.4, -0.2) is 6.54 Å². The third kappa shape index (κ3) is 0.932. The Kier molecular flexibility index (Phi) is 1.42. The fourth-order valence-electron chi connectivity index (χ4n) is 0.512.